The molecule has 0 aromatic rings. The minimum atomic E-state index is -2.71. The van der Waals surface area contributed by atoms with Gasteiger partial charge in [0.2, 0.25) is 47.3 Å². The van der Waals surface area contributed by atoms with Crippen LogP contribution in [0.25, 0.3) is 0 Å². The number of hydrogen-bond donors (Lipinski definition) is 14. The number of likely N-dealkylation sites (tertiary alicyclic amines) is 1. The Balaban J connectivity index is 1.96. The van der Waals surface area contributed by atoms with E-state index < -0.39 is 182 Å². The number of nitrogens with zero attached hydrogens (tertiary/aromatic N) is 1. The first kappa shape index (κ1) is 65.8. The first-order valence-electron chi connectivity index (χ1n) is 24.4. The van der Waals surface area contributed by atoms with Crippen LogP contribution in [0.2, 0.25) is 0 Å². The quantitative estimate of drug-likeness (QED) is 0.0299. The van der Waals surface area contributed by atoms with Crippen LogP contribution in [0.15, 0.2) is 0 Å². The van der Waals surface area contributed by atoms with Gasteiger partial charge < -0.3 is 103 Å². The van der Waals surface area contributed by atoms with Crippen molar-refractivity contribution in [2.75, 3.05) is 32.6 Å². The predicted octanol–water partition coefficient (Wildman–Crippen LogP) is -6.42. The molecule has 8 amide bonds. The number of carbonyl (C=O) groups is 9. The van der Waals surface area contributed by atoms with Crippen LogP contribution in [-0.4, -0.2) is 235 Å². The lowest BCUT2D eigenvalue weighted by atomic mass is 9.88. The molecule has 18 atom stereocenters. The van der Waals surface area contributed by atoms with E-state index >= 15 is 0 Å². The number of nitrogens with two attached hydrogens (primary N) is 2. The first-order chi connectivity index (χ1) is 35.3. The number of hydrogen-bond acceptors (Lipinski definition) is 23. The van der Waals surface area contributed by atoms with Gasteiger partial charge >= 0.3 is 5.97 Å². The second kappa shape index (κ2) is 28.9. The van der Waals surface area contributed by atoms with Gasteiger partial charge in [0.1, 0.15) is 72.9 Å². The van der Waals surface area contributed by atoms with E-state index in [0.29, 0.717) is 12.8 Å². The number of rotatable bonds is 25. The highest BCUT2D eigenvalue weighted by molar-refractivity contribution is 8.77. The topological polar surface area (TPSA) is 449 Å². The maximum atomic E-state index is 14.3. The fourth-order valence-corrected chi connectivity index (χ4v) is 10.7. The lowest BCUT2D eigenvalue weighted by Crippen LogP contribution is -2.69. The third-order valence-corrected chi connectivity index (χ3v) is 15.7. The summed E-state index contributed by atoms with van der Waals surface area (Å²) in [5, 5.41) is 79.5. The Morgan fingerprint density at radius 2 is 1.39 bits per heavy atom. The summed E-state index contributed by atoms with van der Waals surface area (Å²) in [6.07, 6.45) is -16.9. The second-order valence-corrected chi connectivity index (χ2v) is 23.0. The van der Waals surface area contributed by atoms with Crippen molar-refractivity contribution < 1.29 is 97.5 Å². The van der Waals surface area contributed by atoms with Crippen LogP contribution in [0, 0.1) is 0 Å². The molecule has 0 unspecified atom stereocenters. The first-order valence-corrected chi connectivity index (χ1v) is 26.7. The van der Waals surface area contributed by atoms with Gasteiger partial charge in [0.25, 0.3) is 5.79 Å². The average Bonchev–Trinajstić information content (AvgIpc) is 3.84. The fraction of sp³-hybridized carbons (Fsp3) is 0.800. The minimum absolute atomic E-state index is 0.151. The van der Waals surface area contributed by atoms with Crippen LogP contribution in [0.5, 0.6) is 0 Å². The van der Waals surface area contributed by atoms with Crippen molar-refractivity contribution in [2.24, 2.45) is 11.5 Å². The SMILES string of the molecule is COC(=O)[C@@]1(OC[C@H]2O[C@H](O[C@H](C)[C@H](NC(=O)[C@H](C)NC(=O)[C@@H](N)CSSC(C)(C)C)C(=O)N[C@@H](C)C(=O)N[C@@H](C)C(=O)N3CCC[C@H]3C(N)=O)[C@H](NC(C)=O)[C@@H](O)[C@H]2O)C[C@H](O)[C@@H](NC(C)=O)[C@H]([C@H](O)[C@H](O)CO)O1. The van der Waals surface area contributed by atoms with Crippen molar-refractivity contribution in [3.8, 4) is 0 Å². The highest BCUT2D eigenvalue weighted by Crippen LogP contribution is 2.37. The van der Waals surface area contributed by atoms with E-state index in [1.165, 1.54) is 54.2 Å². The second-order valence-electron chi connectivity index (χ2n) is 19.8. The molecule has 0 aromatic carbocycles. The minimum Gasteiger partial charge on any atom is -0.465 e. The van der Waals surface area contributed by atoms with Gasteiger partial charge in [-0.25, -0.2) is 4.79 Å². The maximum Gasteiger partial charge on any atom is 0.366 e. The molecule has 3 aliphatic rings. The molecular formula is C45H77N9O20S2. The van der Waals surface area contributed by atoms with Gasteiger partial charge in [-0.3, -0.25) is 38.4 Å². The molecule has 3 fully saturated rings. The largest absolute Gasteiger partial charge is 0.465 e. The Kier molecular flexibility index (Phi) is 25.0. The van der Waals surface area contributed by atoms with Crippen molar-refractivity contribution in [2.45, 2.75) is 196 Å². The number of nitrogens with one attached hydrogen (secondary N) is 6. The van der Waals surface area contributed by atoms with Crippen molar-refractivity contribution in [3.05, 3.63) is 0 Å². The molecule has 3 rings (SSSR count). The Bertz CT molecular complexity index is 2060. The molecule has 3 aliphatic heterocycles. The van der Waals surface area contributed by atoms with E-state index in [2.05, 4.69) is 31.9 Å². The summed E-state index contributed by atoms with van der Waals surface area (Å²) >= 11 is 0. The predicted molar refractivity (Wildman–Crippen MR) is 268 cm³/mol. The summed E-state index contributed by atoms with van der Waals surface area (Å²) in [6, 6.07) is -10.9. The molecule has 31 heteroatoms. The summed E-state index contributed by atoms with van der Waals surface area (Å²) < 4.78 is 28.6. The zero-order valence-electron chi connectivity index (χ0n) is 44.1. The van der Waals surface area contributed by atoms with Gasteiger partial charge in [-0.15, -0.1) is 0 Å². The number of aliphatic hydroxyl groups is 6. The highest BCUT2D eigenvalue weighted by Gasteiger charge is 2.57. The molecule has 0 saturated carbocycles. The van der Waals surface area contributed by atoms with Gasteiger partial charge in [0, 0.05) is 37.3 Å². The number of amides is 8. The van der Waals surface area contributed by atoms with E-state index in [-0.39, 0.29) is 17.0 Å². The maximum absolute atomic E-state index is 14.3. The number of primary amides is 1. The summed E-state index contributed by atoms with van der Waals surface area (Å²) in [5.41, 5.74) is 11.6. The van der Waals surface area contributed by atoms with Gasteiger partial charge in [0.05, 0.1) is 44.6 Å². The summed E-state index contributed by atoms with van der Waals surface area (Å²) in [6.45, 7) is 11.4. The van der Waals surface area contributed by atoms with Crippen molar-refractivity contribution in [1.82, 2.24) is 36.8 Å². The van der Waals surface area contributed by atoms with E-state index in [4.69, 9.17) is 35.2 Å². The Hall–Kier alpha value is -4.51. The van der Waals surface area contributed by atoms with Crippen LogP contribution < -0.4 is 43.4 Å². The molecule has 16 N–H and O–H groups in total. The van der Waals surface area contributed by atoms with Crippen molar-refractivity contribution >= 4 is 74.8 Å². The third-order valence-electron chi connectivity index (χ3n) is 12.3. The lowest BCUT2D eigenvalue weighted by molar-refractivity contribution is -0.333. The van der Waals surface area contributed by atoms with E-state index in [9.17, 15) is 73.8 Å². The summed E-state index contributed by atoms with van der Waals surface area (Å²) in [7, 11) is 3.74. The Labute approximate surface area is 447 Å². The van der Waals surface area contributed by atoms with Crippen LogP contribution in [0.1, 0.15) is 81.6 Å². The van der Waals surface area contributed by atoms with Crippen LogP contribution in [-0.2, 0) is 66.8 Å². The molecule has 0 spiro atoms. The number of methoxy groups -OCH3 is 1. The smallest absolute Gasteiger partial charge is 0.366 e. The highest BCUT2D eigenvalue weighted by atomic mass is 33.1. The van der Waals surface area contributed by atoms with Gasteiger partial charge in [-0.2, -0.15) is 0 Å². The van der Waals surface area contributed by atoms with Crippen LogP contribution in [0.3, 0.4) is 0 Å². The molecule has 76 heavy (non-hydrogen) atoms. The zero-order chi connectivity index (χ0) is 57.7. The Morgan fingerprint density at radius 3 is 1.95 bits per heavy atom. The molecule has 434 valence electrons. The van der Waals surface area contributed by atoms with E-state index in [1.54, 1.807) is 0 Å². The van der Waals surface area contributed by atoms with Gasteiger partial charge in [-0.1, -0.05) is 42.4 Å². The molecule has 3 saturated heterocycles. The molecular weight excluding hydrogens is 1050 g/mol. The molecule has 0 bridgehead atoms. The number of carbonyl (C=O) groups excluding carboxylic acids is 9. The number of ether oxygens (including phenoxy) is 5. The lowest BCUT2D eigenvalue weighted by Gasteiger charge is -2.48. The normalized spacial score (nSPS) is 28.9. The van der Waals surface area contributed by atoms with Crippen LogP contribution >= 0.6 is 21.6 Å². The standard InChI is InChI=1S/C45H77N9O20S2/c1-18(37(64)50-20(3)41(68)54-13-11-12-25(54)36(47)63)49-40(67)29(53-38(65)19(2)48-39(66)24(46)17-75-76-44(7,8)9)21(4)72-42-31(52-23(6)57)34(62)33(61)28(73-42)16-71-45(43(69)70-10)14-26(58)30(51-22(5)56)35(74-45)32(60)27(59)15-55/h18-21,24-35,42,55,58-62H,11-17,46H2,1-10H3,(H2,47,63)(H,48,66)(H,49,67)(H,50,64)(H,51,56)(H,52,57)(H,53,65)/t18-,19-,20-,21+,24-,25-,26-,27+,28+,29-,30+,31+,32+,33-,34+,35+,42-,45+/m0/s1. The van der Waals surface area contributed by atoms with E-state index in [1.807, 2.05) is 20.8 Å². The summed E-state index contributed by atoms with van der Waals surface area (Å²) in [5.74, 6) is -10.4. The zero-order valence-corrected chi connectivity index (χ0v) is 45.7. The Morgan fingerprint density at radius 1 is 0.829 bits per heavy atom. The average molecular weight is 1130 g/mol. The molecule has 3 heterocycles. The third kappa shape index (κ3) is 18.0. The number of aliphatic hydroxyl groups excluding tert-OH is 6. The van der Waals surface area contributed by atoms with Gasteiger partial charge in [-0.05, 0) is 40.5 Å². The van der Waals surface area contributed by atoms with Crippen molar-refractivity contribution in [3.63, 3.8) is 0 Å². The molecule has 0 radical (unpaired) electrons. The number of esters is 1. The monoisotopic (exact) mass is 1130 g/mol. The van der Waals surface area contributed by atoms with Crippen molar-refractivity contribution in [1.29, 1.82) is 0 Å². The molecule has 29 nitrogen and oxygen atoms in total. The summed E-state index contributed by atoms with van der Waals surface area (Å²) in [4.78, 5) is 119. The molecule has 0 aliphatic carbocycles. The van der Waals surface area contributed by atoms with Gasteiger partial charge in [0.15, 0.2) is 6.29 Å². The molecule has 0 aromatic heterocycles. The fourth-order valence-electron chi connectivity index (χ4n) is 8.27. The van der Waals surface area contributed by atoms with Crippen LogP contribution in [0.4, 0.5) is 0 Å². The van der Waals surface area contributed by atoms with E-state index in [0.717, 1.165) is 21.0 Å².